The van der Waals surface area contributed by atoms with Gasteiger partial charge in [0.05, 0.1) is 50.8 Å². The molecule has 1 rings (SSSR count). The number of unbranched alkanes of at least 4 members (excludes halogenated alkanes) is 13. The van der Waals surface area contributed by atoms with Crippen molar-refractivity contribution in [2.24, 2.45) is 23.7 Å². The largest absolute Gasteiger partial charge is 0.465 e. The van der Waals surface area contributed by atoms with E-state index in [1.54, 1.807) is 0 Å². The van der Waals surface area contributed by atoms with Crippen molar-refractivity contribution in [3.05, 3.63) is 0 Å². The van der Waals surface area contributed by atoms with Crippen molar-refractivity contribution in [2.75, 3.05) is 123 Å². The highest BCUT2D eigenvalue weighted by Crippen LogP contribution is 2.24. The van der Waals surface area contributed by atoms with Gasteiger partial charge in [-0.15, -0.1) is 0 Å². The highest BCUT2D eigenvalue weighted by atomic mass is 33.1. The average Bonchev–Trinajstić information content (AvgIpc) is 2.37. The van der Waals surface area contributed by atoms with Crippen LogP contribution in [-0.2, 0) is 47.7 Å². The molecule has 20 heteroatoms. The molecule has 0 aromatic heterocycles. The molecule has 4 atom stereocenters. The molecule has 1 heterocycles. The van der Waals surface area contributed by atoms with Crippen molar-refractivity contribution < 1.29 is 68.1 Å². The SMILES string of the molecule is CCC(CC)COC(=O)CCCCCCC(O)CN(CCCCSSCCN1CCN(CCOC(=O)CCCN(CC(O)CCCCCCC(=O)OCC(CC)CC)CC(O)CCCCCCC(=O)OCC(CC)CC)CC1)CC(O)CCCCCCC(=O)OCC(CC)CC. The molecular formula is C76H146N4O14S2. The average molecular weight is 1400 g/mol. The molecular weight excluding hydrogens is 1260 g/mol. The lowest BCUT2D eigenvalue weighted by Crippen LogP contribution is -2.47. The second kappa shape index (κ2) is 63.6. The van der Waals surface area contributed by atoms with Crippen molar-refractivity contribution in [1.29, 1.82) is 0 Å². The summed E-state index contributed by atoms with van der Waals surface area (Å²) in [5.74, 6) is 3.09. The summed E-state index contributed by atoms with van der Waals surface area (Å²) in [6.45, 7) is 28.2. The van der Waals surface area contributed by atoms with Crippen LogP contribution in [0.2, 0.25) is 0 Å². The lowest BCUT2D eigenvalue weighted by atomic mass is 10.1. The monoisotopic (exact) mass is 1400 g/mol. The van der Waals surface area contributed by atoms with Gasteiger partial charge in [-0.1, -0.05) is 205 Å². The number of aliphatic hydroxyl groups excluding tert-OH is 4. The Morgan fingerprint density at radius 3 is 0.927 bits per heavy atom. The highest BCUT2D eigenvalue weighted by molar-refractivity contribution is 8.76. The van der Waals surface area contributed by atoms with Gasteiger partial charge in [0.1, 0.15) is 6.61 Å². The van der Waals surface area contributed by atoms with E-state index in [9.17, 15) is 44.4 Å². The molecule has 0 aromatic rings. The fourth-order valence-electron chi connectivity index (χ4n) is 12.1. The quantitative estimate of drug-likeness (QED) is 0.0192. The number of esters is 5. The Morgan fingerprint density at radius 2 is 0.604 bits per heavy atom. The van der Waals surface area contributed by atoms with Gasteiger partial charge < -0.3 is 44.1 Å². The van der Waals surface area contributed by atoms with Crippen LogP contribution in [-0.4, -0.2) is 217 Å². The molecule has 0 aromatic carbocycles. The molecule has 4 N–H and O–H groups in total. The van der Waals surface area contributed by atoms with Crippen molar-refractivity contribution in [2.45, 2.75) is 311 Å². The van der Waals surface area contributed by atoms with E-state index in [2.05, 4.69) is 75.0 Å². The third-order valence-corrected chi connectivity index (χ3v) is 22.1. The van der Waals surface area contributed by atoms with Crippen LogP contribution in [0, 0.1) is 23.7 Å². The number of hydrogen-bond donors (Lipinski definition) is 4. The minimum atomic E-state index is -0.569. The van der Waals surface area contributed by atoms with E-state index in [1.165, 1.54) is 0 Å². The van der Waals surface area contributed by atoms with Crippen LogP contribution in [0.5, 0.6) is 0 Å². The van der Waals surface area contributed by atoms with Gasteiger partial charge in [-0.2, -0.15) is 0 Å². The number of hydrogen-bond acceptors (Lipinski definition) is 20. The summed E-state index contributed by atoms with van der Waals surface area (Å²) in [5.41, 5.74) is 0. The van der Waals surface area contributed by atoms with E-state index in [1.807, 2.05) is 21.6 Å². The number of aliphatic hydroxyl groups is 4. The molecule has 0 radical (unpaired) electrons. The number of carbonyl (C=O) groups excluding carboxylic acids is 5. The maximum Gasteiger partial charge on any atom is 0.305 e. The third kappa shape index (κ3) is 53.6. The molecule has 1 aliphatic rings. The number of nitrogens with zero attached hydrogens (tertiary/aromatic N) is 4. The molecule has 0 amide bonds. The molecule has 96 heavy (non-hydrogen) atoms. The summed E-state index contributed by atoms with van der Waals surface area (Å²) in [7, 11) is 3.85. The van der Waals surface area contributed by atoms with Crippen molar-refractivity contribution >= 4 is 51.4 Å². The van der Waals surface area contributed by atoms with Gasteiger partial charge in [0.15, 0.2) is 0 Å². The summed E-state index contributed by atoms with van der Waals surface area (Å²) in [6.07, 6.45) is 27.3. The number of piperazine rings is 1. The van der Waals surface area contributed by atoms with Gasteiger partial charge in [0.25, 0.3) is 0 Å². The first kappa shape index (κ1) is 91.7. The molecule has 1 aliphatic heterocycles. The van der Waals surface area contributed by atoms with Crippen LogP contribution < -0.4 is 0 Å². The van der Waals surface area contributed by atoms with Crippen LogP contribution >= 0.6 is 21.6 Å². The van der Waals surface area contributed by atoms with Crippen molar-refractivity contribution in [1.82, 2.24) is 19.6 Å². The number of ether oxygens (including phenoxy) is 5. The summed E-state index contributed by atoms with van der Waals surface area (Å²) >= 11 is 0. The zero-order valence-electron chi connectivity index (χ0n) is 62.5. The standard InChI is InChI=1S/C76H146N4O14S2/c1-9-64(10-2)60-91-73(86)40-29-21-17-25-36-68(81)56-79(57-69(82)37-26-18-22-30-41-74(87)92-61-65(11-3)12-4)45-33-34-54-95-96-55-52-78-49-47-77(48-50-78)51-53-90-72(85)44-35-46-80(58-70(83)38-27-19-23-31-42-75(88)93-62-66(13-5)14-6)59-71(84)39-28-20-24-32-43-76(89)94-63-67(15-7)16-8/h64-71,81-84H,9-63H2,1-8H3. The van der Waals surface area contributed by atoms with Crippen molar-refractivity contribution in [3.8, 4) is 0 Å². The second-order valence-electron chi connectivity index (χ2n) is 27.8. The van der Waals surface area contributed by atoms with Gasteiger partial charge in [-0.05, 0) is 107 Å². The van der Waals surface area contributed by atoms with Crippen LogP contribution in [0.25, 0.3) is 0 Å². The lowest BCUT2D eigenvalue weighted by molar-refractivity contribution is -0.146. The van der Waals surface area contributed by atoms with E-state index in [0.29, 0.717) is 154 Å². The molecule has 0 bridgehead atoms. The number of carbonyl (C=O) groups is 5. The topological polar surface area (TPSA) is 225 Å². The van der Waals surface area contributed by atoms with Gasteiger partial charge >= 0.3 is 29.8 Å². The molecule has 0 aliphatic carbocycles. The van der Waals surface area contributed by atoms with E-state index in [4.69, 9.17) is 23.7 Å². The Labute approximate surface area is 593 Å². The molecule has 566 valence electrons. The Balaban J connectivity index is 2.50. The highest BCUT2D eigenvalue weighted by Gasteiger charge is 2.22. The third-order valence-electron chi connectivity index (χ3n) is 19.6. The van der Waals surface area contributed by atoms with Gasteiger partial charge in [-0.25, -0.2) is 0 Å². The second-order valence-corrected chi connectivity index (χ2v) is 30.5. The van der Waals surface area contributed by atoms with Gasteiger partial charge in [0.2, 0.25) is 0 Å². The first-order valence-electron chi connectivity index (χ1n) is 39.1. The first-order valence-corrected chi connectivity index (χ1v) is 41.6. The molecule has 0 saturated carbocycles. The van der Waals surface area contributed by atoms with E-state index < -0.39 is 24.4 Å². The molecule has 4 unspecified atom stereocenters. The molecule has 1 fully saturated rings. The van der Waals surface area contributed by atoms with E-state index >= 15 is 0 Å². The summed E-state index contributed by atoms with van der Waals surface area (Å²) in [4.78, 5) is 71.1. The van der Waals surface area contributed by atoms with Crippen LogP contribution in [0.4, 0.5) is 0 Å². The van der Waals surface area contributed by atoms with Crippen LogP contribution in [0.1, 0.15) is 287 Å². The minimum absolute atomic E-state index is 0.110. The predicted octanol–water partition coefficient (Wildman–Crippen LogP) is 14.4. The summed E-state index contributed by atoms with van der Waals surface area (Å²) in [5, 5.41) is 44.5. The molecule has 0 spiro atoms. The van der Waals surface area contributed by atoms with Crippen molar-refractivity contribution in [3.63, 3.8) is 0 Å². The Bertz CT molecular complexity index is 1750. The summed E-state index contributed by atoms with van der Waals surface area (Å²) in [6, 6.07) is 0. The van der Waals surface area contributed by atoms with Crippen LogP contribution in [0.15, 0.2) is 0 Å². The first-order chi connectivity index (χ1) is 46.5. The Hall–Kier alpha value is -2.27. The van der Waals surface area contributed by atoms with Gasteiger partial charge in [-0.3, -0.25) is 43.6 Å². The van der Waals surface area contributed by atoms with Crippen LogP contribution in [0.3, 0.4) is 0 Å². The lowest BCUT2D eigenvalue weighted by Gasteiger charge is -2.34. The molecule has 1 saturated heterocycles. The fourth-order valence-corrected chi connectivity index (χ4v) is 14.3. The molecule has 18 nitrogen and oxygen atoms in total. The smallest absolute Gasteiger partial charge is 0.305 e. The van der Waals surface area contributed by atoms with E-state index in [-0.39, 0.29) is 36.3 Å². The maximum atomic E-state index is 13.0. The zero-order valence-corrected chi connectivity index (χ0v) is 64.1. The Kier molecular flexibility index (Phi) is 60.8. The predicted molar refractivity (Wildman–Crippen MR) is 395 cm³/mol. The summed E-state index contributed by atoms with van der Waals surface area (Å²) < 4.78 is 27.6. The van der Waals surface area contributed by atoms with E-state index in [0.717, 1.165) is 218 Å². The van der Waals surface area contributed by atoms with Gasteiger partial charge in [0, 0.05) is 109 Å². The number of rotatable bonds is 68. The fraction of sp³-hybridized carbons (Fsp3) is 0.934. The Morgan fingerprint density at radius 1 is 0.333 bits per heavy atom. The maximum absolute atomic E-state index is 13.0. The minimum Gasteiger partial charge on any atom is -0.465 e. The normalized spacial score (nSPS) is 14.5. The zero-order chi connectivity index (χ0) is 70.7.